The lowest BCUT2D eigenvalue weighted by molar-refractivity contribution is -0.111. The molecule has 2 aromatic carbocycles. The van der Waals surface area contributed by atoms with E-state index in [1.807, 2.05) is 48.0 Å². The van der Waals surface area contributed by atoms with Crippen LogP contribution in [0, 0.1) is 0 Å². The Hall–Kier alpha value is -5.09. The molecule has 4 N–H and O–H groups in total. The van der Waals surface area contributed by atoms with Crippen LogP contribution < -0.4 is 15.8 Å². The Bertz CT molecular complexity index is 1610. The summed E-state index contributed by atoms with van der Waals surface area (Å²) >= 11 is 0. The maximum absolute atomic E-state index is 11.7. The molecule has 3 heterocycles. The molecular formula is C27H23N7O3. The number of anilines is 2. The number of nitrogens with one attached hydrogen (secondary N) is 1. The first-order valence-corrected chi connectivity index (χ1v) is 11.3. The lowest BCUT2D eigenvalue weighted by atomic mass is 9.97. The Labute approximate surface area is 212 Å². The molecule has 0 aliphatic rings. The fraction of sp³-hybridized carbons (Fsp3) is 0.0741. The summed E-state index contributed by atoms with van der Waals surface area (Å²) in [4.78, 5) is 28.6. The van der Waals surface area contributed by atoms with Crippen LogP contribution >= 0.6 is 0 Å². The molecule has 1 amide bonds. The van der Waals surface area contributed by atoms with E-state index in [0.717, 1.165) is 22.4 Å². The van der Waals surface area contributed by atoms with Crippen molar-refractivity contribution in [2.45, 2.75) is 6.61 Å². The van der Waals surface area contributed by atoms with Crippen LogP contribution in [-0.4, -0.2) is 35.5 Å². The molecule has 0 spiro atoms. The molecule has 0 aliphatic carbocycles. The second-order valence-corrected chi connectivity index (χ2v) is 8.12. The van der Waals surface area contributed by atoms with E-state index in [2.05, 4.69) is 31.8 Å². The Kier molecular flexibility index (Phi) is 6.31. The number of fused-ring (bicyclic) bond motifs is 1. The van der Waals surface area contributed by atoms with E-state index in [4.69, 9.17) is 10.5 Å². The summed E-state index contributed by atoms with van der Waals surface area (Å²) in [5, 5.41) is 13.6. The van der Waals surface area contributed by atoms with Gasteiger partial charge in [0.2, 0.25) is 5.91 Å². The Morgan fingerprint density at radius 1 is 1.11 bits per heavy atom. The smallest absolute Gasteiger partial charge is 0.321 e. The van der Waals surface area contributed by atoms with Crippen LogP contribution in [0.3, 0.4) is 0 Å². The fourth-order valence-electron chi connectivity index (χ4n) is 4.19. The zero-order chi connectivity index (χ0) is 25.9. The minimum atomic E-state index is -0.291. The van der Waals surface area contributed by atoms with Crippen molar-refractivity contribution < 1.29 is 14.6 Å². The first-order valence-electron chi connectivity index (χ1n) is 11.3. The number of rotatable bonds is 7. The number of carbonyl (C=O) groups excluding carboxylic acids is 1. The molecule has 5 rings (SSSR count). The Morgan fingerprint density at radius 3 is 2.54 bits per heavy atom. The predicted octanol–water partition coefficient (Wildman–Crippen LogP) is 4.08. The number of hydrogen-bond donors (Lipinski definition) is 3. The molecule has 10 heteroatoms. The molecule has 0 aliphatic heterocycles. The average Bonchev–Trinajstić information content (AvgIpc) is 3.23. The van der Waals surface area contributed by atoms with Gasteiger partial charge >= 0.3 is 6.01 Å². The molecule has 10 nitrogen and oxygen atoms in total. The second kappa shape index (κ2) is 9.88. The van der Waals surface area contributed by atoms with Crippen LogP contribution in [-0.2, 0) is 18.4 Å². The van der Waals surface area contributed by atoms with E-state index < -0.39 is 0 Å². The zero-order valence-electron chi connectivity index (χ0n) is 19.9. The van der Waals surface area contributed by atoms with Crippen molar-refractivity contribution in [3.8, 4) is 34.1 Å². The number of ether oxygens (including phenoxy) is 1. The summed E-state index contributed by atoms with van der Waals surface area (Å²) in [6.07, 6.45) is 5.80. The monoisotopic (exact) mass is 493 g/mol. The van der Waals surface area contributed by atoms with Crippen LogP contribution in [0.15, 0.2) is 79.9 Å². The molecule has 0 atom stereocenters. The summed E-state index contributed by atoms with van der Waals surface area (Å²) in [7, 11) is 1.90. The fourth-order valence-corrected chi connectivity index (χ4v) is 4.19. The number of aliphatic hydroxyl groups is 1. The van der Waals surface area contributed by atoms with E-state index in [1.54, 1.807) is 24.5 Å². The topological polar surface area (TPSA) is 141 Å². The van der Waals surface area contributed by atoms with Crippen molar-refractivity contribution in [3.05, 3.63) is 85.5 Å². The SMILES string of the molecule is C=CC(=O)Nc1ccc(-c2c(-c3ccc(Oc4ncccn4)c(CO)c3)c3c(N)ncnc3n2C)cc1. The number of aromatic nitrogens is 5. The summed E-state index contributed by atoms with van der Waals surface area (Å²) in [5.41, 5.74) is 11.5. The Morgan fingerprint density at radius 2 is 1.84 bits per heavy atom. The highest BCUT2D eigenvalue weighted by atomic mass is 16.5. The highest BCUT2D eigenvalue weighted by Crippen LogP contribution is 2.43. The molecule has 0 unspecified atom stereocenters. The van der Waals surface area contributed by atoms with Gasteiger partial charge in [-0.05, 0) is 47.5 Å². The first-order chi connectivity index (χ1) is 18.0. The van der Waals surface area contributed by atoms with Gasteiger partial charge in [0.1, 0.15) is 23.5 Å². The van der Waals surface area contributed by atoms with Crippen LogP contribution in [0.25, 0.3) is 33.4 Å². The molecule has 0 bridgehead atoms. The predicted molar refractivity (Wildman–Crippen MR) is 141 cm³/mol. The lowest BCUT2D eigenvalue weighted by Crippen LogP contribution is -2.06. The minimum Gasteiger partial charge on any atom is -0.424 e. The molecule has 0 fully saturated rings. The highest BCUT2D eigenvalue weighted by molar-refractivity contribution is 6.08. The third-order valence-corrected chi connectivity index (χ3v) is 5.87. The molecule has 0 saturated carbocycles. The van der Waals surface area contributed by atoms with Crippen molar-refractivity contribution in [1.82, 2.24) is 24.5 Å². The number of benzene rings is 2. The first kappa shape index (κ1) is 23.6. The summed E-state index contributed by atoms with van der Waals surface area (Å²) in [6.45, 7) is 3.22. The van der Waals surface area contributed by atoms with Gasteiger partial charge in [-0.25, -0.2) is 19.9 Å². The summed E-state index contributed by atoms with van der Waals surface area (Å²) in [6, 6.07) is 14.8. The maximum atomic E-state index is 11.7. The number of amides is 1. The minimum absolute atomic E-state index is 0.178. The number of aryl methyl sites for hydroxylation is 1. The highest BCUT2D eigenvalue weighted by Gasteiger charge is 2.23. The number of aliphatic hydroxyl groups excluding tert-OH is 1. The van der Waals surface area contributed by atoms with Crippen molar-refractivity contribution >= 4 is 28.4 Å². The van der Waals surface area contributed by atoms with Crippen LogP contribution in [0.1, 0.15) is 5.56 Å². The molecule has 37 heavy (non-hydrogen) atoms. The normalized spacial score (nSPS) is 10.9. The van der Waals surface area contributed by atoms with Crippen LogP contribution in [0.4, 0.5) is 11.5 Å². The molecule has 184 valence electrons. The van der Waals surface area contributed by atoms with Gasteiger partial charge in [0, 0.05) is 36.3 Å². The van der Waals surface area contributed by atoms with E-state index >= 15 is 0 Å². The van der Waals surface area contributed by atoms with Gasteiger partial charge in [-0.1, -0.05) is 24.8 Å². The van der Waals surface area contributed by atoms with Gasteiger partial charge in [0.25, 0.3) is 0 Å². The summed E-state index contributed by atoms with van der Waals surface area (Å²) < 4.78 is 7.74. The number of nitrogen functional groups attached to an aromatic ring is 1. The van der Waals surface area contributed by atoms with Gasteiger partial charge in [-0.15, -0.1) is 0 Å². The van der Waals surface area contributed by atoms with Crippen molar-refractivity contribution in [2.75, 3.05) is 11.1 Å². The number of hydrogen-bond acceptors (Lipinski definition) is 8. The van der Waals surface area contributed by atoms with Crippen LogP contribution in [0.5, 0.6) is 11.8 Å². The van der Waals surface area contributed by atoms with Crippen LogP contribution in [0.2, 0.25) is 0 Å². The van der Waals surface area contributed by atoms with Crippen molar-refractivity contribution in [1.29, 1.82) is 0 Å². The largest absolute Gasteiger partial charge is 0.424 e. The van der Waals surface area contributed by atoms with Crippen molar-refractivity contribution in [2.24, 2.45) is 7.05 Å². The number of nitrogens with two attached hydrogens (primary N) is 1. The standard InChI is InChI=1S/C27H23N7O3/c1-3-21(36)33-19-8-5-16(6-9-19)24-22(23-25(28)31-15-32-26(23)34(24)2)17-7-10-20(18(13-17)14-35)37-27-29-11-4-12-30-27/h3-13,15,35H,1,14H2,2H3,(H,33,36)(H2,28,31,32). The average molecular weight is 494 g/mol. The second-order valence-electron chi connectivity index (χ2n) is 8.12. The van der Waals surface area contributed by atoms with Gasteiger partial charge in [0.05, 0.1) is 17.7 Å². The lowest BCUT2D eigenvalue weighted by Gasteiger charge is -2.13. The van der Waals surface area contributed by atoms with Gasteiger partial charge < -0.3 is 25.5 Å². The molecule has 0 saturated heterocycles. The third-order valence-electron chi connectivity index (χ3n) is 5.87. The molecule has 0 radical (unpaired) electrons. The maximum Gasteiger partial charge on any atom is 0.321 e. The number of carbonyl (C=O) groups is 1. The van der Waals surface area contributed by atoms with E-state index in [9.17, 15) is 9.90 Å². The van der Waals surface area contributed by atoms with Crippen molar-refractivity contribution in [3.63, 3.8) is 0 Å². The zero-order valence-corrected chi connectivity index (χ0v) is 19.9. The molecule has 5 aromatic rings. The Balaban J connectivity index is 1.66. The molecular weight excluding hydrogens is 470 g/mol. The number of nitrogens with zero attached hydrogens (tertiary/aromatic N) is 5. The third kappa shape index (κ3) is 4.48. The van der Waals surface area contributed by atoms with Gasteiger partial charge in [-0.2, -0.15) is 0 Å². The van der Waals surface area contributed by atoms with E-state index in [0.29, 0.717) is 33.9 Å². The quantitative estimate of drug-likeness (QED) is 0.288. The van der Waals surface area contributed by atoms with Gasteiger partial charge in [0.15, 0.2) is 0 Å². The van der Waals surface area contributed by atoms with E-state index in [1.165, 1.54) is 12.4 Å². The molecule has 3 aromatic heterocycles. The van der Waals surface area contributed by atoms with Gasteiger partial charge in [-0.3, -0.25) is 4.79 Å². The van der Waals surface area contributed by atoms with E-state index in [-0.39, 0.29) is 18.5 Å². The summed E-state index contributed by atoms with van der Waals surface area (Å²) in [5.74, 6) is 0.479.